The van der Waals surface area contributed by atoms with E-state index in [1.54, 1.807) is 6.07 Å². The summed E-state index contributed by atoms with van der Waals surface area (Å²) >= 11 is 3.24. The van der Waals surface area contributed by atoms with Gasteiger partial charge in [0, 0.05) is 13.1 Å². The highest BCUT2D eigenvalue weighted by Crippen LogP contribution is 2.24. The van der Waals surface area contributed by atoms with Gasteiger partial charge in [-0.05, 0) is 34.8 Å². The average molecular weight is 335 g/mol. The predicted octanol–water partition coefficient (Wildman–Crippen LogP) is 1.57. The number of nitrogens with two attached hydrogens (primary N) is 1. The Morgan fingerprint density at radius 1 is 1.33 bits per heavy atom. The molecule has 2 heterocycles. The molecule has 0 aliphatic carbocycles. The molecule has 1 saturated heterocycles. The van der Waals surface area contributed by atoms with Gasteiger partial charge in [0.15, 0.2) is 5.82 Å². The number of nitrogens with zero attached hydrogens (tertiary/aromatic N) is 2. The highest BCUT2D eigenvalue weighted by molar-refractivity contribution is 9.10. The molecule has 0 atom stereocenters. The number of hydrogen-bond acceptors (Lipinski definition) is 4. The van der Waals surface area contributed by atoms with Crippen molar-refractivity contribution in [2.75, 3.05) is 23.5 Å². The molecule has 1 aromatic rings. The van der Waals surface area contributed by atoms with Crippen LogP contribution in [-0.4, -0.2) is 30.8 Å². The minimum Gasteiger partial charge on any atom is -0.397 e. The second-order valence-electron chi connectivity index (χ2n) is 4.17. The first-order valence-electron chi connectivity index (χ1n) is 5.68. The summed E-state index contributed by atoms with van der Waals surface area (Å²) in [5.41, 5.74) is 6.03. The maximum atomic E-state index is 12.1. The molecule has 6 nitrogen and oxygen atoms in total. The summed E-state index contributed by atoms with van der Waals surface area (Å²) < 4.78 is 28.7. The molecule has 3 N–H and O–H groups in total. The van der Waals surface area contributed by atoms with Gasteiger partial charge in [-0.3, -0.25) is 4.72 Å². The summed E-state index contributed by atoms with van der Waals surface area (Å²) in [4.78, 5) is 3.97. The van der Waals surface area contributed by atoms with Crippen molar-refractivity contribution in [2.24, 2.45) is 0 Å². The molecule has 2 rings (SSSR count). The fourth-order valence-electron chi connectivity index (χ4n) is 1.82. The Balaban J connectivity index is 2.16. The second kappa shape index (κ2) is 5.41. The van der Waals surface area contributed by atoms with Crippen LogP contribution in [0.25, 0.3) is 0 Å². The number of halogens is 1. The van der Waals surface area contributed by atoms with E-state index in [1.165, 1.54) is 10.5 Å². The van der Waals surface area contributed by atoms with E-state index in [9.17, 15) is 8.42 Å². The molecule has 1 aliphatic heterocycles. The van der Waals surface area contributed by atoms with E-state index in [4.69, 9.17) is 5.73 Å². The Morgan fingerprint density at radius 2 is 2.00 bits per heavy atom. The second-order valence-corrected chi connectivity index (χ2v) is 6.69. The number of rotatable bonds is 3. The van der Waals surface area contributed by atoms with Gasteiger partial charge < -0.3 is 5.73 Å². The van der Waals surface area contributed by atoms with Crippen molar-refractivity contribution < 1.29 is 8.42 Å². The topological polar surface area (TPSA) is 88.3 Å². The molecule has 0 aromatic carbocycles. The Morgan fingerprint density at radius 3 is 2.61 bits per heavy atom. The smallest absolute Gasteiger partial charge is 0.302 e. The van der Waals surface area contributed by atoms with E-state index in [1.807, 2.05) is 0 Å². The molecule has 0 radical (unpaired) electrons. The highest BCUT2D eigenvalue weighted by atomic mass is 79.9. The normalized spacial score (nSPS) is 17.6. The summed E-state index contributed by atoms with van der Waals surface area (Å²) in [6, 6.07) is 1.61. The van der Waals surface area contributed by atoms with Crippen LogP contribution in [0, 0.1) is 0 Å². The number of piperidine rings is 1. The van der Waals surface area contributed by atoms with E-state index in [-0.39, 0.29) is 5.82 Å². The van der Waals surface area contributed by atoms with Crippen LogP contribution in [0.15, 0.2) is 16.7 Å². The summed E-state index contributed by atoms with van der Waals surface area (Å²) in [5.74, 6) is 0.259. The molecule has 1 fully saturated rings. The van der Waals surface area contributed by atoms with Crippen molar-refractivity contribution in [1.29, 1.82) is 0 Å². The summed E-state index contributed by atoms with van der Waals surface area (Å²) in [7, 11) is -3.52. The molecule has 1 aromatic heterocycles. The van der Waals surface area contributed by atoms with Gasteiger partial charge in [0.25, 0.3) is 0 Å². The van der Waals surface area contributed by atoms with Gasteiger partial charge >= 0.3 is 10.2 Å². The molecule has 18 heavy (non-hydrogen) atoms. The minimum atomic E-state index is -3.52. The monoisotopic (exact) mass is 334 g/mol. The van der Waals surface area contributed by atoms with E-state index in [0.717, 1.165) is 19.3 Å². The zero-order chi connectivity index (χ0) is 13.2. The lowest BCUT2D eigenvalue weighted by atomic mass is 10.2. The van der Waals surface area contributed by atoms with Gasteiger partial charge in [0.1, 0.15) is 0 Å². The Kier molecular flexibility index (Phi) is 4.08. The van der Waals surface area contributed by atoms with Gasteiger partial charge in [0.2, 0.25) is 0 Å². The molecule has 100 valence electrons. The van der Waals surface area contributed by atoms with Gasteiger partial charge in [-0.25, -0.2) is 4.98 Å². The van der Waals surface area contributed by atoms with Gasteiger partial charge in [-0.1, -0.05) is 6.42 Å². The van der Waals surface area contributed by atoms with E-state index < -0.39 is 10.2 Å². The lowest BCUT2D eigenvalue weighted by Gasteiger charge is -2.26. The van der Waals surface area contributed by atoms with Crippen LogP contribution in [0.1, 0.15) is 19.3 Å². The van der Waals surface area contributed by atoms with Crippen molar-refractivity contribution >= 4 is 37.6 Å². The summed E-state index contributed by atoms with van der Waals surface area (Å²) in [6.07, 6.45) is 4.29. The number of nitrogen functional groups attached to an aromatic ring is 1. The fourth-order valence-corrected chi connectivity index (χ4v) is 3.69. The molecule has 0 amide bonds. The van der Waals surface area contributed by atoms with E-state index in [2.05, 4.69) is 25.6 Å². The van der Waals surface area contributed by atoms with Crippen LogP contribution in [0.2, 0.25) is 0 Å². The van der Waals surface area contributed by atoms with Crippen molar-refractivity contribution in [3.63, 3.8) is 0 Å². The zero-order valence-corrected chi connectivity index (χ0v) is 12.2. The Labute approximate surface area is 115 Å². The van der Waals surface area contributed by atoms with Crippen LogP contribution in [-0.2, 0) is 10.2 Å². The summed E-state index contributed by atoms with van der Waals surface area (Å²) in [5, 5.41) is 0. The first-order chi connectivity index (χ1) is 8.49. The van der Waals surface area contributed by atoms with E-state index >= 15 is 0 Å². The molecular formula is C10H15BrN4O2S. The average Bonchev–Trinajstić information content (AvgIpc) is 2.34. The van der Waals surface area contributed by atoms with Gasteiger partial charge in [-0.15, -0.1) is 0 Å². The quantitative estimate of drug-likeness (QED) is 0.878. The lowest BCUT2D eigenvalue weighted by Crippen LogP contribution is -2.39. The molecule has 0 saturated carbocycles. The zero-order valence-electron chi connectivity index (χ0n) is 9.76. The molecule has 0 unspecified atom stereocenters. The minimum absolute atomic E-state index is 0.259. The first-order valence-corrected chi connectivity index (χ1v) is 7.91. The number of nitrogens with one attached hydrogen (secondary N) is 1. The molecular weight excluding hydrogens is 320 g/mol. The van der Waals surface area contributed by atoms with Crippen molar-refractivity contribution in [1.82, 2.24) is 9.29 Å². The van der Waals surface area contributed by atoms with Crippen molar-refractivity contribution in [3.05, 3.63) is 16.7 Å². The molecule has 0 bridgehead atoms. The number of aromatic nitrogens is 1. The summed E-state index contributed by atoms with van der Waals surface area (Å²) in [6.45, 7) is 1.11. The molecule has 8 heteroatoms. The van der Waals surface area contributed by atoms with Crippen molar-refractivity contribution in [3.8, 4) is 0 Å². The van der Waals surface area contributed by atoms with Crippen molar-refractivity contribution in [2.45, 2.75) is 19.3 Å². The van der Waals surface area contributed by atoms with Gasteiger partial charge in [-0.2, -0.15) is 12.7 Å². The Hall–Kier alpha value is -0.860. The maximum absolute atomic E-state index is 12.1. The first kappa shape index (κ1) is 13.6. The third-order valence-electron chi connectivity index (χ3n) is 2.74. The highest BCUT2D eigenvalue weighted by Gasteiger charge is 2.24. The third kappa shape index (κ3) is 3.12. The number of anilines is 2. The molecule has 1 aliphatic rings. The predicted molar refractivity (Wildman–Crippen MR) is 74.3 cm³/mol. The Bertz CT molecular complexity index is 529. The lowest BCUT2D eigenvalue weighted by molar-refractivity contribution is 0.349. The van der Waals surface area contributed by atoms with E-state index in [0.29, 0.717) is 23.2 Å². The van der Waals surface area contributed by atoms with Crippen LogP contribution in [0.3, 0.4) is 0 Å². The van der Waals surface area contributed by atoms with Crippen LogP contribution in [0.5, 0.6) is 0 Å². The largest absolute Gasteiger partial charge is 0.397 e. The van der Waals surface area contributed by atoms with Crippen LogP contribution < -0.4 is 10.5 Å². The standard InChI is InChI=1S/C10H15BrN4O2S/c11-9-6-8(12)7-13-10(9)14-18(16,17)15-4-2-1-3-5-15/h6-7H,1-5,12H2,(H,13,14). The number of pyridine rings is 1. The molecule has 0 spiro atoms. The fraction of sp³-hybridized carbons (Fsp3) is 0.500. The van der Waals surface area contributed by atoms with Crippen LogP contribution in [0.4, 0.5) is 11.5 Å². The number of hydrogen-bond donors (Lipinski definition) is 2. The maximum Gasteiger partial charge on any atom is 0.302 e. The third-order valence-corrected chi connectivity index (χ3v) is 4.84. The van der Waals surface area contributed by atoms with Gasteiger partial charge in [0.05, 0.1) is 16.4 Å². The van der Waals surface area contributed by atoms with Crippen LogP contribution >= 0.6 is 15.9 Å². The SMILES string of the molecule is Nc1cnc(NS(=O)(=O)N2CCCCC2)c(Br)c1.